The summed E-state index contributed by atoms with van der Waals surface area (Å²) in [6.07, 6.45) is 0.417. The van der Waals surface area contributed by atoms with Crippen molar-refractivity contribution in [2.75, 3.05) is 6.61 Å². The molecule has 0 aliphatic heterocycles. The van der Waals surface area contributed by atoms with Crippen LogP contribution in [0.15, 0.2) is 30.3 Å². The highest BCUT2D eigenvalue weighted by Gasteiger charge is 2.39. The molecule has 0 saturated heterocycles. The van der Waals surface area contributed by atoms with E-state index in [0.29, 0.717) is 18.6 Å². The molecule has 0 fully saturated rings. The molecule has 0 spiro atoms. The highest BCUT2D eigenvalue weighted by Crippen LogP contribution is 2.29. The number of carboxylic acids is 1. The number of carbonyl (C=O) groups is 1. The van der Waals surface area contributed by atoms with E-state index >= 15 is 0 Å². The van der Waals surface area contributed by atoms with Crippen LogP contribution in [0.25, 0.3) is 0 Å². The third kappa shape index (κ3) is 2.18. The first-order chi connectivity index (χ1) is 7.17. The van der Waals surface area contributed by atoms with E-state index in [1.165, 1.54) is 0 Å². The van der Waals surface area contributed by atoms with Gasteiger partial charge in [0, 0.05) is 6.61 Å². The lowest BCUT2D eigenvalue weighted by Crippen LogP contribution is -2.38. The minimum Gasteiger partial charge on any atom is -0.479 e. The van der Waals surface area contributed by atoms with E-state index in [2.05, 4.69) is 0 Å². The summed E-state index contributed by atoms with van der Waals surface area (Å²) in [5.74, 6) is -0.932. The van der Waals surface area contributed by atoms with E-state index in [0.717, 1.165) is 0 Å². The van der Waals surface area contributed by atoms with Gasteiger partial charge >= 0.3 is 5.97 Å². The van der Waals surface area contributed by atoms with Crippen LogP contribution < -0.4 is 0 Å². The average Bonchev–Trinajstić information content (AvgIpc) is 2.26. The molecule has 0 amide bonds. The van der Waals surface area contributed by atoms with Crippen molar-refractivity contribution in [2.24, 2.45) is 0 Å². The lowest BCUT2D eigenvalue weighted by Gasteiger charge is -2.28. The summed E-state index contributed by atoms with van der Waals surface area (Å²) in [5, 5.41) is 9.28. The highest BCUT2D eigenvalue weighted by atomic mass is 16.5. The Bertz CT molecular complexity index is 321. The molecule has 1 atom stereocenters. The van der Waals surface area contributed by atoms with Crippen molar-refractivity contribution in [1.29, 1.82) is 0 Å². The zero-order valence-corrected chi connectivity index (χ0v) is 9.06. The molecular formula is C12H16O3. The minimum absolute atomic E-state index is 0.384. The number of ether oxygens (including phenoxy) is 1. The molecule has 0 heterocycles. The molecule has 0 aliphatic rings. The standard InChI is InChI=1S/C12H16O3/c1-3-12(11(13)14,15-4-2)10-8-6-5-7-9-10/h5-9H,3-4H2,1-2H3,(H,13,14)/t12-/m1/s1. The zero-order chi connectivity index (χ0) is 11.3. The molecule has 0 bridgehead atoms. The Hall–Kier alpha value is -1.35. The molecule has 3 heteroatoms. The second kappa shape index (κ2) is 4.94. The summed E-state index contributed by atoms with van der Waals surface area (Å²) in [5.41, 5.74) is -0.502. The zero-order valence-electron chi connectivity index (χ0n) is 9.06. The van der Waals surface area contributed by atoms with Crippen LogP contribution in [0.2, 0.25) is 0 Å². The van der Waals surface area contributed by atoms with Gasteiger partial charge in [-0.2, -0.15) is 0 Å². The normalized spacial score (nSPS) is 14.5. The number of rotatable bonds is 5. The first-order valence-electron chi connectivity index (χ1n) is 5.10. The third-order valence-electron chi connectivity index (χ3n) is 2.47. The van der Waals surface area contributed by atoms with Gasteiger partial charge in [-0.25, -0.2) is 4.79 Å². The maximum absolute atomic E-state index is 11.3. The number of hydrogen-bond acceptors (Lipinski definition) is 2. The van der Waals surface area contributed by atoms with Crippen molar-refractivity contribution in [3.8, 4) is 0 Å². The molecule has 1 aromatic carbocycles. The molecule has 0 radical (unpaired) electrons. The van der Waals surface area contributed by atoms with Crippen molar-refractivity contribution < 1.29 is 14.6 Å². The van der Waals surface area contributed by atoms with Crippen LogP contribution in [0, 0.1) is 0 Å². The van der Waals surface area contributed by atoms with E-state index < -0.39 is 11.6 Å². The lowest BCUT2D eigenvalue weighted by molar-refractivity contribution is -0.167. The molecule has 82 valence electrons. The SMILES string of the molecule is CCO[C@@](CC)(C(=O)O)c1ccccc1. The van der Waals surface area contributed by atoms with Crippen molar-refractivity contribution >= 4 is 5.97 Å². The summed E-state index contributed by atoms with van der Waals surface area (Å²) < 4.78 is 5.43. The second-order valence-electron chi connectivity index (χ2n) is 3.28. The van der Waals surface area contributed by atoms with E-state index in [1.54, 1.807) is 19.1 Å². The summed E-state index contributed by atoms with van der Waals surface area (Å²) in [6.45, 7) is 4.00. The predicted molar refractivity (Wildman–Crippen MR) is 57.7 cm³/mol. The van der Waals surface area contributed by atoms with Gasteiger partial charge in [-0.15, -0.1) is 0 Å². The van der Waals surface area contributed by atoms with Crippen LogP contribution in [0.3, 0.4) is 0 Å². The number of benzene rings is 1. The molecule has 1 N–H and O–H groups in total. The molecule has 0 aliphatic carbocycles. The van der Waals surface area contributed by atoms with E-state index in [9.17, 15) is 9.90 Å². The summed E-state index contributed by atoms with van der Waals surface area (Å²) in [7, 11) is 0. The van der Waals surface area contributed by atoms with Crippen LogP contribution in [-0.4, -0.2) is 17.7 Å². The molecule has 15 heavy (non-hydrogen) atoms. The fraction of sp³-hybridized carbons (Fsp3) is 0.417. The Morgan fingerprint density at radius 3 is 2.33 bits per heavy atom. The van der Waals surface area contributed by atoms with Crippen molar-refractivity contribution in [3.63, 3.8) is 0 Å². The summed E-state index contributed by atoms with van der Waals surface area (Å²) >= 11 is 0. The first-order valence-corrected chi connectivity index (χ1v) is 5.10. The van der Waals surface area contributed by atoms with Gasteiger partial charge in [-0.05, 0) is 18.9 Å². The van der Waals surface area contributed by atoms with Gasteiger partial charge in [-0.1, -0.05) is 37.3 Å². The third-order valence-corrected chi connectivity index (χ3v) is 2.47. The minimum atomic E-state index is -1.20. The Morgan fingerprint density at radius 2 is 1.93 bits per heavy atom. The maximum Gasteiger partial charge on any atom is 0.340 e. The smallest absolute Gasteiger partial charge is 0.340 e. The fourth-order valence-electron chi connectivity index (χ4n) is 1.68. The van der Waals surface area contributed by atoms with Gasteiger partial charge in [0.2, 0.25) is 0 Å². The van der Waals surface area contributed by atoms with E-state index in [1.807, 2.05) is 25.1 Å². The Morgan fingerprint density at radius 1 is 1.33 bits per heavy atom. The van der Waals surface area contributed by atoms with Crippen molar-refractivity contribution in [2.45, 2.75) is 25.9 Å². The quantitative estimate of drug-likeness (QED) is 0.808. The van der Waals surface area contributed by atoms with Gasteiger partial charge in [-0.3, -0.25) is 0 Å². The lowest BCUT2D eigenvalue weighted by atomic mass is 9.91. The Kier molecular flexibility index (Phi) is 3.86. The monoisotopic (exact) mass is 208 g/mol. The van der Waals surface area contributed by atoms with Crippen LogP contribution in [-0.2, 0) is 15.1 Å². The van der Waals surface area contributed by atoms with E-state index in [4.69, 9.17) is 4.74 Å². The van der Waals surface area contributed by atoms with Gasteiger partial charge in [0.05, 0.1) is 0 Å². The average molecular weight is 208 g/mol. The summed E-state index contributed by atoms with van der Waals surface area (Å²) in [4.78, 5) is 11.3. The second-order valence-corrected chi connectivity index (χ2v) is 3.28. The van der Waals surface area contributed by atoms with Gasteiger partial charge in [0.1, 0.15) is 0 Å². The van der Waals surface area contributed by atoms with Crippen molar-refractivity contribution in [1.82, 2.24) is 0 Å². The molecular weight excluding hydrogens is 192 g/mol. The predicted octanol–water partition coefficient (Wildman–Crippen LogP) is 2.41. The van der Waals surface area contributed by atoms with Gasteiger partial charge in [0.15, 0.2) is 5.60 Å². The highest BCUT2D eigenvalue weighted by molar-refractivity contribution is 5.79. The maximum atomic E-state index is 11.3. The number of hydrogen-bond donors (Lipinski definition) is 1. The molecule has 0 unspecified atom stereocenters. The number of carboxylic acid groups (broad SMARTS) is 1. The molecule has 1 aromatic rings. The molecule has 3 nitrogen and oxygen atoms in total. The molecule has 1 rings (SSSR count). The first kappa shape index (κ1) is 11.7. The van der Waals surface area contributed by atoms with Crippen molar-refractivity contribution in [3.05, 3.63) is 35.9 Å². The Balaban J connectivity index is 3.15. The topological polar surface area (TPSA) is 46.5 Å². The fourth-order valence-corrected chi connectivity index (χ4v) is 1.68. The Labute approximate surface area is 89.7 Å². The van der Waals surface area contributed by atoms with Gasteiger partial charge in [0.25, 0.3) is 0 Å². The largest absolute Gasteiger partial charge is 0.479 e. The van der Waals surface area contributed by atoms with Crippen LogP contribution in [0.1, 0.15) is 25.8 Å². The molecule has 0 aromatic heterocycles. The number of aliphatic carboxylic acids is 1. The van der Waals surface area contributed by atoms with Crippen LogP contribution >= 0.6 is 0 Å². The summed E-state index contributed by atoms with van der Waals surface area (Å²) in [6, 6.07) is 9.07. The van der Waals surface area contributed by atoms with Crippen LogP contribution in [0.5, 0.6) is 0 Å². The van der Waals surface area contributed by atoms with E-state index in [-0.39, 0.29) is 0 Å². The molecule has 0 saturated carbocycles. The van der Waals surface area contributed by atoms with Gasteiger partial charge < -0.3 is 9.84 Å². The van der Waals surface area contributed by atoms with Crippen LogP contribution in [0.4, 0.5) is 0 Å².